The van der Waals surface area contributed by atoms with Gasteiger partial charge in [0.15, 0.2) is 11.7 Å². The van der Waals surface area contributed by atoms with E-state index < -0.39 is 151 Å². The molecule has 596 valence electrons. The molecule has 0 bridgehead atoms. The zero-order valence-electron chi connectivity index (χ0n) is 62.6. The van der Waals surface area contributed by atoms with Crippen molar-refractivity contribution in [3.63, 3.8) is 0 Å². The second kappa shape index (κ2) is 46.2. The molecule has 17 N–H and O–H groups in total. The first-order valence-corrected chi connectivity index (χ1v) is 37.8. The van der Waals surface area contributed by atoms with E-state index in [-0.39, 0.29) is 126 Å². The third-order valence-electron chi connectivity index (χ3n) is 19.5. The minimum atomic E-state index is -1.71. The Kier molecular flexibility index (Phi) is 37.9. The average Bonchev–Trinajstić information content (AvgIpc) is 1.60. The molecule has 0 aliphatic carbocycles. The second-order valence-electron chi connectivity index (χ2n) is 28.5. The van der Waals surface area contributed by atoms with Gasteiger partial charge in [-0.05, 0) is 132 Å². The van der Waals surface area contributed by atoms with Crippen LogP contribution in [0, 0.1) is 11.8 Å². The van der Waals surface area contributed by atoms with Gasteiger partial charge in [-0.3, -0.25) is 72.1 Å². The van der Waals surface area contributed by atoms with Gasteiger partial charge in [0.2, 0.25) is 65.0 Å². The molecule has 2 aromatic carbocycles. The molecular formula is C75H113N15O18. The number of unbranched alkanes of at least 4 members (excludes halogenated alkanes) is 3. The summed E-state index contributed by atoms with van der Waals surface area (Å²) >= 11 is 0. The minimum Gasteiger partial charge on any atom is -0.481 e. The number of ketones is 1. The number of benzene rings is 2. The molecule has 0 radical (unpaired) electrons. The molecule has 0 aromatic heterocycles. The molecule has 33 heteroatoms. The van der Waals surface area contributed by atoms with E-state index in [1.807, 2.05) is 44.2 Å². The Hall–Kier alpha value is -10.1. The van der Waals surface area contributed by atoms with Crippen LogP contribution in [0.15, 0.2) is 65.7 Å². The third kappa shape index (κ3) is 30.3. The van der Waals surface area contributed by atoms with Crippen molar-refractivity contribution in [1.82, 2.24) is 57.2 Å². The van der Waals surface area contributed by atoms with E-state index in [0.717, 1.165) is 5.56 Å². The summed E-state index contributed by atoms with van der Waals surface area (Å²) in [6, 6.07) is 5.69. The van der Waals surface area contributed by atoms with Gasteiger partial charge in [0.05, 0.1) is 18.5 Å². The molecule has 108 heavy (non-hydrogen) atoms. The van der Waals surface area contributed by atoms with E-state index in [4.69, 9.17) is 17.2 Å². The molecule has 5 rings (SSSR count). The minimum absolute atomic E-state index is 0.00577. The number of Topliss-reactive ketones (excluding diaryl/α,β-unsaturated/α-hetero) is 1. The molecule has 0 spiro atoms. The molecule has 11 amide bonds. The van der Waals surface area contributed by atoms with Crippen molar-refractivity contribution in [2.45, 2.75) is 249 Å². The number of nitrogens with two attached hydrogens (primary N) is 3. The van der Waals surface area contributed by atoms with Crippen molar-refractivity contribution in [2.24, 2.45) is 34.0 Å². The zero-order chi connectivity index (χ0) is 79.4. The summed E-state index contributed by atoms with van der Waals surface area (Å²) in [6.45, 7) is 8.38. The van der Waals surface area contributed by atoms with Crippen molar-refractivity contribution < 1.29 is 87.2 Å². The van der Waals surface area contributed by atoms with Crippen LogP contribution in [-0.2, 0) is 84.8 Å². The van der Waals surface area contributed by atoms with Crippen molar-refractivity contribution in [3.05, 3.63) is 71.8 Å². The number of carbonyl (C=O) groups excluding carboxylic acids is 12. The Bertz CT molecular complexity index is 3410. The Morgan fingerprint density at radius 2 is 0.963 bits per heavy atom. The van der Waals surface area contributed by atoms with Gasteiger partial charge in [-0.25, -0.2) is 4.79 Å². The number of carbonyl (C=O) groups is 15. The molecule has 33 nitrogen and oxygen atoms in total. The van der Waals surface area contributed by atoms with Gasteiger partial charge in [-0.2, -0.15) is 0 Å². The molecule has 3 fully saturated rings. The number of aliphatic carboxylic acids is 3. The van der Waals surface area contributed by atoms with E-state index in [1.165, 1.54) is 14.7 Å². The highest BCUT2D eigenvalue weighted by atomic mass is 16.4. The number of nitrogens with one attached hydrogen (secondary N) is 8. The monoisotopic (exact) mass is 1510 g/mol. The van der Waals surface area contributed by atoms with Crippen LogP contribution in [0.3, 0.4) is 0 Å². The fraction of sp³-hybridized carbons (Fsp3) is 0.627. The van der Waals surface area contributed by atoms with Crippen molar-refractivity contribution in [2.75, 3.05) is 39.3 Å². The van der Waals surface area contributed by atoms with Crippen molar-refractivity contribution in [3.8, 4) is 0 Å². The smallest absolute Gasteiger partial charge is 0.326 e. The van der Waals surface area contributed by atoms with E-state index >= 15 is 0 Å². The number of nitrogens with zero attached hydrogens (tertiary/aromatic N) is 4. The number of hydrogen-bond acceptors (Lipinski definition) is 17. The third-order valence-corrected chi connectivity index (χ3v) is 19.5. The second-order valence-corrected chi connectivity index (χ2v) is 28.5. The Morgan fingerprint density at radius 1 is 0.491 bits per heavy atom. The van der Waals surface area contributed by atoms with Crippen LogP contribution < -0.4 is 59.7 Å². The topological polar surface area (TPSA) is 513 Å². The van der Waals surface area contributed by atoms with Crippen LogP contribution in [0.4, 0.5) is 0 Å². The average molecular weight is 1510 g/mol. The molecule has 0 saturated carbocycles. The predicted molar refractivity (Wildman–Crippen MR) is 397 cm³/mol. The first-order chi connectivity index (χ1) is 51.5. The number of rotatable bonds is 48. The number of guanidine groups is 1. The maximum absolute atomic E-state index is 14.6. The van der Waals surface area contributed by atoms with Crippen LogP contribution >= 0.6 is 0 Å². The van der Waals surface area contributed by atoms with Gasteiger partial charge in [0.1, 0.15) is 48.3 Å². The van der Waals surface area contributed by atoms with Crippen LogP contribution in [0.2, 0.25) is 0 Å². The van der Waals surface area contributed by atoms with Crippen molar-refractivity contribution in [1.29, 1.82) is 0 Å². The molecule has 3 heterocycles. The lowest BCUT2D eigenvalue weighted by molar-refractivity contribution is -0.146. The maximum Gasteiger partial charge on any atom is 0.326 e. The highest BCUT2D eigenvalue weighted by Crippen LogP contribution is 2.26. The fourth-order valence-electron chi connectivity index (χ4n) is 13.4. The standard InChI is InChI=1S/C75H113N15O18/c1-5-47(4)65(73(106)90-41-21-28-57(90)69(102)86-55(74(107)108)42-46(2)3)87-70(103)58-29-20-40-89(58)72(105)52(34-35-63(95)96)84-66(99)53(44-49-24-10-7-11-25-49)85-67(100)54(45-64(97)98)82-62(94)33-15-17-37-80-61(93)32-14-16-36-79-60(92)31-13-12-30-59(91)51(26-18-38-81-75(77)78)83-68(101)56-27-19-39-88(56)71(104)50(76)43-48-22-8-6-9-23-48/h6-11,22-25,46-47,50-58,65H,5,12-21,26-45,76H2,1-4H3,(H,79,92)(H,80,93)(H,82,94)(H,83,101)(H,84,99)(H,85,100)(H,86,102)(H,87,103)(H,95,96)(H,97,98)(H,107,108)(H4,77,78,81)/t47-,50+,51-,52-,53-,54-,55-,56-,57-,58-,65-/m0/s1. The van der Waals surface area contributed by atoms with E-state index in [9.17, 15) is 87.2 Å². The summed E-state index contributed by atoms with van der Waals surface area (Å²) in [4.78, 5) is 209. The quantitative estimate of drug-likeness (QED) is 0.0249. The number of hydrogen-bond donors (Lipinski definition) is 14. The molecule has 3 saturated heterocycles. The molecule has 11 atom stereocenters. The van der Waals surface area contributed by atoms with Crippen LogP contribution in [-0.4, -0.2) is 224 Å². The molecule has 2 aromatic rings. The lowest BCUT2D eigenvalue weighted by atomic mass is 9.96. The van der Waals surface area contributed by atoms with Gasteiger partial charge >= 0.3 is 17.9 Å². The predicted octanol–water partition coefficient (Wildman–Crippen LogP) is 0.953. The van der Waals surface area contributed by atoms with Gasteiger partial charge < -0.3 is 89.8 Å². The van der Waals surface area contributed by atoms with Crippen LogP contribution in [0.1, 0.15) is 187 Å². The summed E-state index contributed by atoms with van der Waals surface area (Å²) in [5, 5.41) is 50.8. The van der Waals surface area contributed by atoms with Gasteiger partial charge in [0.25, 0.3) is 0 Å². The maximum atomic E-state index is 14.6. The lowest BCUT2D eigenvalue weighted by Gasteiger charge is -2.34. The molecular weight excluding hydrogens is 1400 g/mol. The number of amides is 11. The Labute approximate surface area is 630 Å². The van der Waals surface area contributed by atoms with Crippen molar-refractivity contribution >= 4 is 94.6 Å². The summed E-state index contributed by atoms with van der Waals surface area (Å²) in [6.07, 6.45) is 3.77. The summed E-state index contributed by atoms with van der Waals surface area (Å²) in [7, 11) is 0. The van der Waals surface area contributed by atoms with Gasteiger partial charge in [-0.1, -0.05) is 94.8 Å². The largest absolute Gasteiger partial charge is 0.481 e. The molecule has 0 unspecified atom stereocenters. The molecule has 3 aliphatic heterocycles. The van der Waals surface area contributed by atoms with Crippen LogP contribution in [0.5, 0.6) is 0 Å². The summed E-state index contributed by atoms with van der Waals surface area (Å²) in [5.74, 6) is -11.8. The SMILES string of the molecule is CC[C@H](C)[C@H](NC(=O)[C@@H]1CCCN1C(=O)[C@H](CCC(=O)O)NC(=O)[C@H](Cc1ccccc1)NC(=O)[C@H](CC(=O)O)NC(=O)CCCCNC(=O)CCCCNC(=O)CCCCC(=O)[C@H](CCCN=C(N)N)NC(=O)[C@@H]1CCCN1C(=O)[C@H](N)Cc1ccccc1)C(=O)N1CCC[C@H]1C(=O)N[C@@H](CC(C)C)C(=O)O. The van der Waals surface area contributed by atoms with E-state index in [2.05, 4.69) is 47.5 Å². The van der Waals surface area contributed by atoms with E-state index in [1.54, 1.807) is 44.2 Å². The van der Waals surface area contributed by atoms with E-state index in [0.29, 0.717) is 95.7 Å². The number of likely N-dealkylation sites (tertiary alicyclic amines) is 3. The highest BCUT2D eigenvalue weighted by Gasteiger charge is 2.45. The zero-order valence-corrected chi connectivity index (χ0v) is 62.6. The summed E-state index contributed by atoms with van der Waals surface area (Å²) in [5.41, 5.74) is 18.7. The van der Waals surface area contributed by atoms with Gasteiger partial charge in [-0.15, -0.1) is 0 Å². The number of carboxylic acids is 3. The molecule has 3 aliphatic rings. The first-order valence-electron chi connectivity index (χ1n) is 37.8. The summed E-state index contributed by atoms with van der Waals surface area (Å²) < 4.78 is 0. The first kappa shape index (κ1) is 88.5. The fourth-order valence-corrected chi connectivity index (χ4v) is 13.4. The normalized spacial score (nSPS) is 17.6. The Balaban J connectivity index is 1.07. The highest BCUT2D eigenvalue weighted by molar-refractivity contribution is 5.99. The number of carboxylic acid groups (broad SMARTS) is 3. The lowest BCUT2D eigenvalue weighted by Crippen LogP contribution is -2.60. The Morgan fingerprint density at radius 3 is 1.47 bits per heavy atom. The van der Waals surface area contributed by atoms with Gasteiger partial charge in [0, 0.05) is 77.8 Å². The van der Waals surface area contributed by atoms with Crippen LogP contribution in [0.25, 0.3) is 0 Å². The number of aliphatic imine (C=N–C) groups is 1.